The van der Waals surface area contributed by atoms with Gasteiger partial charge < -0.3 is 9.84 Å². The molecule has 6 heteroatoms. The molecule has 2 heterocycles. The van der Waals surface area contributed by atoms with Crippen molar-refractivity contribution in [3.05, 3.63) is 35.7 Å². The van der Waals surface area contributed by atoms with Gasteiger partial charge in [0.2, 0.25) is 17.6 Å². The van der Waals surface area contributed by atoms with Crippen LogP contribution in [0.5, 0.6) is 0 Å². The average Bonchev–Trinajstić information content (AvgIpc) is 2.98. The largest absolute Gasteiger partial charge is 0.353 e. The summed E-state index contributed by atoms with van der Waals surface area (Å²) in [7, 11) is 0. The maximum Gasteiger partial charge on any atom is 0.245 e. The number of carbonyl (C=O) groups excluding carboxylic acids is 1. The molecule has 104 valence electrons. The summed E-state index contributed by atoms with van der Waals surface area (Å²) in [6, 6.07) is 7.98. The zero-order valence-corrected chi connectivity index (χ0v) is 11.2. The second-order valence-electron chi connectivity index (χ2n) is 4.74. The molecule has 3 rings (SSSR count). The summed E-state index contributed by atoms with van der Waals surface area (Å²) >= 11 is 0. The van der Waals surface area contributed by atoms with Gasteiger partial charge in [-0.3, -0.25) is 10.1 Å². The highest BCUT2D eigenvalue weighted by Crippen LogP contribution is 2.19. The van der Waals surface area contributed by atoms with E-state index in [1.54, 1.807) is 0 Å². The fourth-order valence-electron chi connectivity index (χ4n) is 2.12. The molecule has 1 atom stereocenters. The number of amides is 1. The number of aryl methyl sites for hydroxylation is 1. The first-order chi connectivity index (χ1) is 9.76. The number of piperazine rings is 1. The van der Waals surface area contributed by atoms with Gasteiger partial charge in [0.05, 0.1) is 6.54 Å². The number of aromatic nitrogens is 2. The molecule has 1 unspecified atom stereocenters. The van der Waals surface area contributed by atoms with Crippen LogP contribution < -0.4 is 10.6 Å². The zero-order valence-electron chi connectivity index (χ0n) is 11.2. The van der Waals surface area contributed by atoms with E-state index in [1.165, 1.54) is 5.56 Å². The van der Waals surface area contributed by atoms with Crippen LogP contribution in [0, 0.1) is 0 Å². The second kappa shape index (κ2) is 5.42. The molecule has 2 N–H and O–H groups in total. The molecule has 0 bridgehead atoms. The fourth-order valence-corrected chi connectivity index (χ4v) is 2.12. The van der Waals surface area contributed by atoms with Gasteiger partial charge in [-0.05, 0) is 12.0 Å². The highest BCUT2D eigenvalue weighted by Gasteiger charge is 2.24. The number of hydrogen-bond acceptors (Lipinski definition) is 5. The molecule has 0 aliphatic carbocycles. The Kier molecular flexibility index (Phi) is 3.47. The quantitative estimate of drug-likeness (QED) is 0.873. The van der Waals surface area contributed by atoms with Gasteiger partial charge in [-0.15, -0.1) is 0 Å². The molecule has 0 saturated carbocycles. The van der Waals surface area contributed by atoms with E-state index in [9.17, 15) is 4.79 Å². The Morgan fingerprint density at radius 2 is 2.15 bits per heavy atom. The van der Waals surface area contributed by atoms with Gasteiger partial charge in [-0.1, -0.05) is 36.3 Å². The number of nitrogens with one attached hydrogen (secondary N) is 2. The third-order valence-electron chi connectivity index (χ3n) is 3.37. The Bertz CT molecular complexity index is 596. The van der Waals surface area contributed by atoms with Crippen LogP contribution in [0.3, 0.4) is 0 Å². The van der Waals surface area contributed by atoms with Crippen molar-refractivity contribution in [1.82, 2.24) is 20.8 Å². The molecule has 1 aliphatic rings. The van der Waals surface area contributed by atoms with Gasteiger partial charge in [-0.2, -0.15) is 4.98 Å². The maximum atomic E-state index is 11.1. The minimum absolute atomic E-state index is 0.0175. The van der Waals surface area contributed by atoms with Gasteiger partial charge in [0.15, 0.2) is 0 Å². The molecule has 1 aromatic carbocycles. The number of rotatable bonds is 3. The van der Waals surface area contributed by atoms with Crippen LogP contribution in [-0.4, -0.2) is 29.1 Å². The van der Waals surface area contributed by atoms with Crippen LogP contribution in [0.2, 0.25) is 0 Å². The van der Waals surface area contributed by atoms with Crippen LogP contribution in [0.4, 0.5) is 0 Å². The molecular formula is C14H16N4O2. The highest BCUT2D eigenvalue weighted by molar-refractivity contribution is 5.78. The zero-order chi connectivity index (χ0) is 13.9. The van der Waals surface area contributed by atoms with E-state index in [-0.39, 0.29) is 18.5 Å². The van der Waals surface area contributed by atoms with Gasteiger partial charge in [0, 0.05) is 12.1 Å². The molecule has 0 radical (unpaired) electrons. The molecule has 6 nitrogen and oxygen atoms in total. The van der Waals surface area contributed by atoms with Crippen LogP contribution in [-0.2, 0) is 11.2 Å². The third kappa shape index (κ3) is 2.55. The molecule has 0 spiro atoms. The summed E-state index contributed by atoms with van der Waals surface area (Å²) in [5.41, 5.74) is 2.20. The van der Waals surface area contributed by atoms with Gasteiger partial charge in [-0.25, -0.2) is 0 Å². The summed E-state index contributed by atoms with van der Waals surface area (Å²) in [6.07, 6.45) is 1.00. The molecule has 1 aromatic heterocycles. The van der Waals surface area contributed by atoms with Crippen molar-refractivity contribution in [2.75, 3.05) is 13.1 Å². The van der Waals surface area contributed by atoms with Crippen molar-refractivity contribution in [3.63, 3.8) is 0 Å². The Morgan fingerprint density at radius 1 is 1.35 bits per heavy atom. The van der Waals surface area contributed by atoms with Gasteiger partial charge >= 0.3 is 0 Å². The first-order valence-corrected chi connectivity index (χ1v) is 6.69. The van der Waals surface area contributed by atoms with Crippen molar-refractivity contribution in [2.24, 2.45) is 0 Å². The van der Waals surface area contributed by atoms with E-state index in [2.05, 4.69) is 39.8 Å². The topological polar surface area (TPSA) is 80.0 Å². The molecular weight excluding hydrogens is 256 g/mol. The SMILES string of the molecule is CCc1ccc(-c2noc(C3CNC(=O)CN3)n2)cc1. The van der Waals surface area contributed by atoms with Crippen LogP contribution >= 0.6 is 0 Å². The first-order valence-electron chi connectivity index (χ1n) is 6.69. The van der Waals surface area contributed by atoms with Crippen molar-refractivity contribution in [3.8, 4) is 11.4 Å². The minimum atomic E-state index is -0.121. The van der Waals surface area contributed by atoms with Gasteiger partial charge in [0.25, 0.3) is 0 Å². The van der Waals surface area contributed by atoms with Crippen LogP contribution in [0.15, 0.2) is 28.8 Å². The summed E-state index contributed by atoms with van der Waals surface area (Å²) in [5.74, 6) is 1.05. The van der Waals surface area contributed by atoms with Crippen molar-refractivity contribution in [1.29, 1.82) is 0 Å². The lowest BCUT2D eigenvalue weighted by Crippen LogP contribution is -2.47. The number of hydrogen-bond donors (Lipinski definition) is 2. The van der Waals surface area contributed by atoms with E-state index >= 15 is 0 Å². The Balaban J connectivity index is 1.77. The summed E-state index contributed by atoms with van der Waals surface area (Å²) in [5, 5.41) is 9.82. The van der Waals surface area contributed by atoms with E-state index in [0.717, 1.165) is 12.0 Å². The van der Waals surface area contributed by atoms with E-state index in [1.807, 2.05) is 12.1 Å². The Hall–Kier alpha value is -2.21. The smallest absolute Gasteiger partial charge is 0.245 e. The molecule has 1 fully saturated rings. The van der Waals surface area contributed by atoms with E-state index in [4.69, 9.17) is 4.52 Å². The predicted octanol–water partition coefficient (Wildman–Crippen LogP) is 1.06. The standard InChI is InChI=1S/C14H16N4O2/c1-2-9-3-5-10(6-4-9)13-17-14(20-18-13)11-7-16-12(19)8-15-11/h3-6,11,15H,2,7-8H2,1H3,(H,16,19). The summed E-state index contributed by atoms with van der Waals surface area (Å²) < 4.78 is 5.28. The predicted molar refractivity (Wildman–Crippen MR) is 72.9 cm³/mol. The van der Waals surface area contributed by atoms with Crippen molar-refractivity contribution in [2.45, 2.75) is 19.4 Å². The molecule has 1 amide bonds. The normalized spacial score (nSPS) is 18.9. The van der Waals surface area contributed by atoms with E-state index < -0.39 is 0 Å². The van der Waals surface area contributed by atoms with Crippen molar-refractivity contribution >= 4 is 5.91 Å². The third-order valence-corrected chi connectivity index (χ3v) is 3.37. The maximum absolute atomic E-state index is 11.1. The van der Waals surface area contributed by atoms with Crippen molar-refractivity contribution < 1.29 is 9.32 Å². The number of benzene rings is 1. The molecule has 20 heavy (non-hydrogen) atoms. The number of carbonyl (C=O) groups is 1. The van der Waals surface area contributed by atoms with Crippen LogP contribution in [0.1, 0.15) is 24.4 Å². The lowest BCUT2D eigenvalue weighted by molar-refractivity contribution is -0.121. The van der Waals surface area contributed by atoms with E-state index in [0.29, 0.717) is 18.3 Å². The minimum Gasteiger partial charge on any atom is -0.353 e. The first kappa shape index (κ1) is 12.8. The van der Waals surface area contributed by atoms with Crippen LogP contribution in [0.25, 0.3) is 11.4 Å². The monoisotopic (exact) mass is 272 g/mol. The Labute approximate surface area is 116 Å². The number of nitrogens with zero attached hydrogens (tertiary/aromatic N) is 2. The summed E-state index contributed by atoms with van der Waals surface area (Å²) in [4.78, 5) is 15.5. The lowest BCUT2D eigenvalue weighted by Gasteiger charge is -2.20. The molecule has 2 aromatic rings. The average molecular weight is 272 g/mol. The lowest BCUT2D eigenvalue weighted by atomic mass is 10.1. The fraction of sp³-hybridized carbons (Fsp3) is 0.357. The Morgan fingerprint density at radius 3 is 2.80 bits per heavy atom. The molecule has 1 saturated heterocycles. The molecule has 1 aliphatic heterocycles. The summed E-state index contributed by atoms with van der Waals surface area (Å²) in [6.45, 7) is 2.85. The van der Waals surface area contributed by atoms with Gasteiger partial charge in [0.1, 0.15) is 6.04 Å². The highest BCUT2D eigenvalue weighted by atomic mass is 16.5. The second-order valence-corrected chi connectivity index (χ2v) is 4.74.